The van der Waals surface area contributed by atoms with Crippen LogP contribution in [0.2, 0.25) is 0 Å². The van der Waals surface area contributed by atoms with Gasteiger partial charge in [-0.2, -0.15) is 0 Å². The van der Waals surface area contributed by atoms with E-state index in [2.05, 4.69) is 39.9 Å². The van der Waals surface area contributed by atoms with E-state index in [1.165, 1.54) is 6.26 Å². The molecular weight excluding hydrogens is 386 g/mol. The van der Waals surface area contributed by atoms with Crippen molar-refractivity contribution in [1.29, 1.82) is 0 Å². The summed E-state index contributed by atoms with van der Waals surface area (Å²) < 4.78 is 29.1. The van der Waals surface area contributed by atoms with Crippen molar-refractivity contribution in [2.45, 2.75) is 51.5 Å². The van der Waals surface area contributed by atoms with E-state index in [9.17, 15) is 8.42 Å². The van der Waals surface area contributed by atoms with E-state index in [4.69, 9.17) is 4.74 Å². The maximum atomic E-state index is 11.7. The van der Waals surface area contributed by atoms with Gasteiger partial charge in [0, 0.05) is 26.4 Å². The molecule has 0 saturated carbocycles. The van der Waals surface area contributed by atoms with Crippen molar-refractivity contribution in [3.8, 4) is 0 Å². The van der Waals surface area contributed by atoms with Crippen molar-refractivity contribution in [1.82, 2.24) is 10.6 Å². The topological polar surface area (TPSA) is 79.8 Å². The van der Waals surface area contributed by atoms with E-state index in [1.807, 2.05) is 32.9 Å². The Kier molecular flexibility index (Phi) is 8.22. The van der Waals surface area contributed by atoms with E-state index >= 15 is 0 Å². The zero-order valence-electron chi connectivity index (χ0n) is 17.8. The second-order valence-electron chi connectivity index (χ2n) is 7.33. The van der Waals surface area contributed by atoms with Crippen LogP contribution >= 0.6 is 0 Å². The average Bonchev–Trinajstić information content (AvgIpc) is 2.66. The lowest BCUT2D eigenvalue weighted by atomic mass is 10.1. The molecule has 0 radical (unpaired) electrons. The summed E-state index contributed by atoms with van der Waals surface area (Å²) in [6, 6.07) is 13.7. The fraction of sp³-hybridized carbons (Fsp3) is 0.409. The Balaban J connectivity index is 1.87. The van der Waals surface area contributed by atoms with E-state index in [1.54, 1.807) is 13.1 Å². The van der Waals surface area contributed by atoms with Gasteiger partial charge in [-0.1, -0.05) is 36.4 Å². The minimum Gasteiger partial charge on any atom is -0.374 e. The van der Waals surface area contributed by atoms with Gasteiger partial charge in [0.15, 0.2) is 15.8 Å². The van der Waals surface area contributed by atoms with Gasteiger partial charge in [-0.15, -0.1) is 0 Å². The van der Waals surface area contributed by atoms with Gasteiger partial charge in [-0.05, 0) is 49.1 Å². The molecule has 2 N–H and O–H groups in total. The predicted molar refractivity (Wildman–Crippen MR) is 118 cm³/mol. The molecule has 0 aromatic heterocycles. The minimum absolute atomic E-state index is 0.220. The second-order valence-corrected chi connectivity index (χ2v) is 9.31. The third-order valence-corrected chi connectivity index (χ3v) is 5.65. The Labute approximate surface area is 174 Å². The summed E-state index contributed by atoms with van der Waals surface area (Å²) in [7, 11) is -1.48. The molecular formula is C22H31N3O3S. The van der Waals surface area contributed by atoms with Crippen molar-refractivity contribution in [2.75, 3.05) is 13.3 Å². The minimum atomic E-state index is -3.20. The van der Waals surface area contributed by atoms with Crippen LogP contribution in [0.4, 0.5) is 0 Å². The largest absolute Gasteiger partial charge is 0.374 e. The number of rotatable bonds is 8. The third kappa shape index (κ3) is 7.51. The van der Waals surface area contributed by atoms with Gasteiger partial charge < -0.3 is 15.4 Å². The molecule has 0 bridgehead atoms. The number of benzene rings is 2. The van der Waals surface area contributed by atoms with Gasteiger partial charge in [0.05, 0.1) is 17.6 Å². The third-order valence-electron chi connectivity index (χ3n) is 4.39. The summed E-state index contributed by atoms with van der Waals surface area (Å²) in [6.07, 6.45) is 1.44. The molecule has 0 aliphatic carbocycles. The normalized spacial score (nSPS) is 12.3. The Morgan fingerprint density at radius 3 is 2.07 bits per heavy atom. The van der Waals surface area contributed by atoms with Gasteiger partial charge in [0.2, 0.25) is 0 Å². The van der Waals surface area contributed by atoms with Crippen molar-refractivity contribution in [2.24, 2.45) is 4.99 Å². The van der Waals surface area contributed by atoms with Crippen molar-refractivity contribution in [3.05, 3.63) is 64.7 Å². The fourth-order valence-corrected chi connectivity index (χ4v) is 3.80. The quantitative estimate of drug-likeness (QED) is 0.509. The van der Waals surface area contributed by atoms with Crippen LogP contribution in [0.5, 0.6) is 0 Å². The van der Waals surface area contributed by atoms with Gasteiger partial charge in [0.1, 0.15) is 0 Å². The van der Waals surface area contributed by atoms with Crippen LogP contribution in [0.3, 0.4) is 0 Å². The van der Waals surface area contributed by atoms with E-state index in [-0.39, 0.29) is 6.10 Å². The molecule has 0 saturated heterocycles. The highest BCUT2D eigenvalue weighted by molar-refractivity contribution is 7.90. The number of nitrogens with one attached hydrogen (secondary N) is 2. The number of ether oxygens (including phenoxy) is 1. The SMILES string of the molecule is CN=C(NCc1ccc(COC(C)C)cc1)NCc1ccc(S(C)(=O)=O)c(C)c1. The van der Waals surface area contributed by atoms with Crippen LogP contribution in [0.15, 0.2) is 52.4 Å². The van der Waals surface area contributed by atoms with E-state index in [0.717, 1.165) is 22.3 Å². The molecule has 7 heteroatoms. The summed E-state index contributed by atoms with van der Waals surface area (Å²) in [6.45, 7) is 7.68. The first-order chi connectivity index (χ1) is 13.7. The molecule has 0 unspecified atom stereocenters. The fourth-order valence-electron chi connectivity index (χ4n) is 2.85. The van der Waals surface area contributed by atoms with Gasteiger partial charge in [-0.25, -0.2) is 8.42 Å². The predicted octanol–water partition coefficient (Wildman–Crippen LogP) is 3.19. The van der Waals surface area contributed by atoms with Crippen molar-refractivity contribution in [3.63, 3.8) is 0 Å². The van der Waals surface area contributed by atoms with Crippen LogP contribution in [0.25, 0.3) is 0 Å². The number of aryl methyl sites for hydroxylation is 1. The molecule has 2 aromatic carbocycles. The molecule has 0 fully saturated rings. The first-order valence-corrected chi connectivity index (χ1v) is 11.5. The van der Waals surface area contributed by atoms with Crippen LogP contribution in [-0.4, -0.2) is 33.8 Å². The Hall–Kier alpha value is -2.38. The molecule has 0 atom stereocenters. The highest BCUT2D eigenvalue weighted by atomic mass is 32.2. The van der Waals surface area contributed by atoms with E-state index < -0.39 is 9.84 Å². The second kappa shape index (κ2) is 10.4. The summed E-state index contributed by atoms with van der Waals surface area (Å²) in [4.78, 5) is 4.61. The number of hydrogen-bond donors (Lipinski definition) is 2. The van der Waals surface area contributed by atoms with Crippen molar-refractivity contribution >= 4 is 15.8 Å². The Bertz CT molecular complexity index is 936. The number of guanidine groups is 1. The standard InChI is InChI=1S/C22H31N3O3S/c1-16(2)28-15-19-8-6-18(7-9-19)13-24-22(23-4)25-14-20-10-11-21(17(3)12-20)29(5,26)27/h6-12,16H,13-15H2,1-5H3,(H2,23,24,25). The highest BCUT2D eigenvalue weighted by Crippen LogP contribution is 2.16. The molecule has 2 rings (SSSR count). The first kappa shape index (κ1) is 22.9. The summed E-state index contributed by atoms with van der Waals surface area (Å²) in [5, 5.41) is 6.54. The lowest BCUT2D eigenvalue weighted by Crippen LogP contribution is -2.36. The number of aliphatic imine (C=N–C) groups is 1. The van der Waals surface area contributed by atoms with Crippen molar-refractivity contribution < 1.29 is 13.2 Å². The molecule has 2 aromatic rings. The average molecular weight is 418 g/mol. The van der Waals surface area contributed by atoms with Crippen LogP contribution in [-0.2, 0) is 34.3 Å². The lowest BCUT2D eigenvalue weighted by molar-refractivity contribution is 0.0657. The highest BCUT2D eigenvalue weighted by Gasteiger charge is 2.11. The lowest BCUT2D eigenvalue weighted by Gasteiger charge is -2.13. The molecule has 0 spiro atoms. The molecule has 6 nitrogen and oxygen atoms in total. The number of hydrogen-bond acceptors (Lipinski definition) is 4. The molecule has 158 valence electrons. The maximum Gasteiger partial charge on any atom is 0.191 e. The Morgan fingerprint density at radius 1 is 1.00 bits per heavy atom. The van der Waals surface area contributed by atoms with Crippen LogP contribution < -0.4 is 10.6 Å². The number of nitrogens with zero attached hydrogens (tertiary/aromatic N) is 1. The summed E-state index contributed by atoms with van der Waals surface area (Å²) in [5.74, 6) is 0.682. The molecule has 0 aliphatic heterocycles. The maximum absolute atomic E-state index is 11.7. The van der Waals surface area contributed by atoms with Gasteiger partial charge in [0.25, 0.3) is 0 Å². The molecule has 0 amide bonds. The number of sulfone groups is 1. The van der Waals surface area contributed by atoms with Crippen LogP contribution in [0, 0.1) is 6.92 Å². The van der Waals surface area contributed by atoms with Gasteiger partial charge in [-0.3, -0.25) is 4.99 Å². The Morgan fingerprint density at radius 2 is 1.55 bits per heavy atom. The smallest absolute Gasteiger partial charge is 0.191 e. The first-order valence-electron chi connectivity index (χ1n) is 9.62. The summed E-state index contributed by atoms with van der Waals surface area (Å²) >= 11 is 0. The zero-order valence-corrected chi connectivity index (χ0v) is 18.6. The zero-order chi connectivity index (χ0) is 21.4. The van der Waals surface area contributed by atoms with E-state index in [0.29, 0.717) is 30.6 Å². The molecule has 29 heavy (non-hydrogen) atoms. The van der Waals surface area contributed by atoms with Gasteiger partial charge >= 0.3 is 0 Å². The molecule has 0 aliphatic rings. The monoisotopic (exact) mass is 417 g/mol. The molecule has 0 heterocycles. The summed E-state index contributed by atoms with van der Waals surface area (Å²) in [5.41, 5.74) is 4.04. The van der Waals surface area contributed by atoms with Crippen LogP contribution in [0.1, 0.15) is 36.1 Å².